The van der Waals surface area contributed by atoms with Gasteiger partial charge in [-0.3, -0.25) is 4.98 Å². The normalized spacial score (nSPS) is 10.8. The molecule has 0 bridgehead atoms. The molecule has 0 spiro atoms. The van der Waals surface area contributed by atoms with Gasteiger partial charge in [0.2, 0.25) is 5.28 Å². The first-order valence-electron chi connectivity index (χ1n) is 5.71. The van der Waals surface area contributed by atoms with Gasteiger partial charge in [-0.25, -0.2) is 4.98 Å². The van der Waals surface area contributed by atoms with Crippen LogP contribution in [0.1, 0.15) is 5.56 Å². The van der Waals surface area contributed by atoms with Crippen molar-refractivity contribution in [1.29, 1.82) is 0 Å². The fourth-order valence-electron chi connectivity index (χ4n) is 1.84. The van der Waals surface area contributed by atoms with Crippen LogP contribution >= 0.6 is 11.6 Å². The van der Waals surface area contributed by atoms with Crippen LogP contribution in [0.25, 0.3) is 11.2 Å². The van der Waals surface area contributed by atoms with Crippen molar-refractivity contribution in [2.75, 3.05) is 5.32 Å². The highest BCUT2D eigenvalue weighted by atomic mass is 35.5. The molecule has 0 aliphatic rings. The fourth-order valence-corrected chi connectivity index (χ4v) is 2.00. The Balaban J connectivity index is 1.94. The minimum absolute atomic E-state index is 0.184. The maximum atomic E-state index is 5.89. The van der Waals surface area contributed by atoms with Crippen LogP contribution in [0.5, 0.6) is 0 Å². The largest absolute Gasteiger partial charge is 0.364 e. The van der Waals surface area contributed by atoms with E-state index in [1.165, 1.54) is 0 Å². The molecule has 0 radical (unpaired) electrons. The molecule has 3 heterocycles. The van der Waals surface area contributed by atoms with E-state index in [0.717, 1.165) is 11.1 Å². The molecule has 6 nitrogen and oxygen atoms in total. The van der Waals surface area contributed by atoms with Crippen molar-refractivity contribution in [3.05, 3.63) is 41.7 Å². The number of nitrogens with one attached hydrogen (secondary N) is 1. The van der Waals surface area contributed by atoms with Crippen molar-refractivity contribution in [3.63, 3.8) is 0 Å². The summed E-state index contributed by atoms with van der Waals surface area (Å²) in [5, 5.41) is 3.43. The van der Waals surface area contributed by atoms with Crippen LogP contribution in [0.4, 0.5) is 5.82 Å². The minimum Gasteiger partial charge on any atom is -0.364 e. The number of aryl methyl sites for hydroxylation is 1. The van der Waals surface area contributed by atoms with Crippen LogP contribution in [0, 0.1) is 0 Å². The van der Waals surface area contributed by atoms with Crippen molar-refractivity contribution in [3.8, 4) is 0 Å². The molecule has 0 atom stereocenters. The summed E-state index contributed by atoms with van der Waals surface area (Å²) in [4.78, 5) is 16.5. The second-order valence-electron chi connectivity index (χ2n) is 4.08. The van der Waals surface area contributed by atoms with Crippen LogP contribution in [-0.2, 0) is 13.6 Å². The molecule has 0 saturated heterocycles. The third-order valence-corrected chi connectivity index (χ3v) is 2.92. The molecule has 0 aliphatic carbocycles. The smallest absolute Gasteiger partial charge is 0.226 e. The van der Waals surface area contributed by atoms with E-state index >= 15 is 0 Å². The third kappa shape index (κ3) is 2.34. The number of fused-ring (bicyclic) bond motifs is 1. The Kier molecular flexibility index (Phi) is 3.00. The monoisotopic (exact) mass is 274 g/mol. The van der Waals surface area contributed by atoms with Crippen molar-refractivity contribution in [2.45, 2.75) is 6.54 Å². The lowest BCUT2D eigenvalue weighted by molar-refractivity contribution is 0.942. The summed E-state index contributed by atoms with van der Waals surface area (Å²) in [5.74, 6) is 0.673. The molecule has 3 rings (SSSR count). The molecule has 3 aromatic heterocycles. The molecule has 0 aromatic carbocycles. The maximum Gasteiger partial charge on any atom is 0.226 e. The molecule has 0 aliphatic heterocycles. The third-order valence-electron chi connectivity index (χ3n) is 2.75. The number of halogens is 1. The van der Waals surface area contributed by atoms with Crippen LogP contribution in [0.3, 0.4) is 0 Å². The molecule has 7 heteroatoms. The molecular weight excluding hydrogens is 264 g/mol. The second kappa shape index (κ2) is 4.81. The van der Waals surface area contributed by atoms with Gasteiger partial charge in [0, 0.05) is 26.0 Å². The number of pyridine rings is 1. The van der Waals surface area contributed by atoms with Gasteiger partial charge in [-0.05, 0) is 29.3 Å². The second-order valence-corrected chi connectivity index (χ2v) is 4.42. The summed E-state index contributed by atoms with van der Waals surface area (Å²) in [6.45, 7) is 0.635. The van der Waals surface area contributed by atoms with Gasteiger partial charge in [0.25, 0.3) is 0 Å². The lowest BCUT2D eigenvalue weighted by atomic mass is 10.3. The molecule has 1 N–H and O–H groups in total. The number of rotatable bonds is 3. The van der Waals surface area contributed by atoms with Gasteiger partial charge in [0.05, 0.1) is 6.33 Å². The zero-order chi connectivity index (χ0) is 13.2. The average Bonchev–Trinajstić information content (AvgIpc) is 2.79. The summed E-state index contributed by atoms with van der Waals surface area (Å²) in [5.41, 5.74) is 2.53. The van der Waals surface area contributed by atoms with Gasteiger partial charge >= 0.3 is 0 Å². The highest BCUT2D eigenvalue weighted by Crippen LogP contribution is 2.21. The van der Waals surface area contributed by atoms with E-state index < -0.39 is 0 Å². The van der Waals surface area contributed by atoms with Crippen molar-refractivity contribution in [1.82, 2.24) is 24.5 Å². The quantitative estimate of drug-likeness (QED) is 0.740. The van der Waals surface area contributed by atoms with E-state index in [-0.39, 0.29) is 5.28 Å². The van der Waals surface area contributed by atoms with Gasteiger partial charge < -0.3 is 9.88 Å². The zero-order valence-corrected chi connectivity index (χ0v) is 11.0. The van der Waals surface area contributed by atoms with Gasteiger partial charge in [0.15, 0.2) is 11.5 Å². The molecular formula is C12H11ClN6. The summed E-state index contributed by atoms with van der Waals surface area (Å²) in [6.07, 6.45) is 5.19. The molecule has 0 saturated carbocycles. The lowest BCUT2D eigenvalue weighted by Gasteiger charge is -2.07. The highest BCUT2D eigenvalue weighted by molar-refractivity contribution is 6.28. The fraction of sp³-hybridized carbons (Fsp3) is 0.167. The van der Waals surface area contributed by atoms with E-state index in [1.54, 1.807) is 18.7 Å². The van der Waals surface area contributed by atoms with E-state index in [9.17, 15) is 0 Å². The molecule has 96 valence electrons. The van der Waals surface area contributed by atoms with Crippen LogP contribution in [-0.4, -0.2) is 24.5 Å². The lowest BCUT2D eigenvalue weighted by Crippen LogP contribution is -2.04. The predicted molar refractivity (Wildman–Crippen MR) is 72.9 cm³/mol. The average molecular weight is 275 g/mol. The summed E-state index contributed by atoms with van der Waals surface area (Å²) in [6, 6.07) is 3.88. The Morgan fingerprint density at radius 2 is 2.05 bits per heavy atom. The molecule has 3 aromatic rings. The van der Waals surface area contributed by atoms with E-state index in [0.29, 0.717) is 18.0 Å². The number of nitrogens with zero attached hydrogens (tertiary/aromatic N) is 5. The van der Waals surface area contributed by atoms with Gasteiger partial charge in [0.1, 0.15) is 5.52 Å². The summed E-state index contributed by atoms with van der Waals surface area (Å²) >= 11 is 5.89. The first kappa shape index (κ1) is 11.9. The maximum absolute atomic E-state index is 5.89. The Labute approximate surface area is 114 Å². The number of hydrogen-bond acceptors (Lipinski definition) is 5. The van der Waals surface area contributed by atoms with Gasteiger partial charge in [-0.15, -0.1) is 0 Å². The molecule has 19 heavy (non-hydrogen) atoms. The number of hydrogen-bond donors (Lipinski definition) is 1. The Bertz CT molecular complexity index is 709. The van der Waals surface area contributed by atoms with E-state index in [1.807, 2.05) is 23.7 Å². The van der Waals surface area contributed by atoms with Crippen LogP contribution in [0.2, 0.25) is 5.28 Å². The first-order chi connectivity index (χ1) is 9.24. The van der Waals surface area contributed by atoms with Crippen molar-refractivity contribution in [2.24, 2.45) is 7.05 Å². The van der Waals surface area contributed by atoms with Crippen molar-refractivity contribution >= 4 is 28.6 Å². The number of anilines is 1. The Morgan fingerprint density at radius 3 is 2.84 bits per heavy atom. The van der Waals surface area contributed by atoms with E-state index in [2.05, 4.69) is 25.3 Å². The number of aromatic nitrogens is 5. The topological polar surface area (TPSA) is 68.5 Å². The minimum atomic E-state index is 0.184. The van der Waals surface area contributed by atoms with Crippen molar-refractivity contribution < 1.29 is 0 Å². The van der Waals surface area contributed by atoms with Gasteiger partial charge in [-0.1, -0.05) is 0 Å². The highest BCUT2D eigenvalue weighted by Gasteiger charge is 2.10. The first-order valence-corrected chi connectivity index (χ1v) is 6.09. The van der Waals surface area contributed by atoms with Crippen LogP contribution < -0.4 is 5.32 Å². The standard InChI is InChI=1S/C12H11ClN6/c1-19-7-16-11-9(19)10(17-12(13)18-11)15-6-8-2-4-14-5-3-8/h2-5,7H,6H2,1H3,(H,15,17,18). The van der Waals surface area contributed by atoms with E-state index in [4.69, 9.17) is 11.6 Å². The molecule has 0 amide bonds. The van der Waals surface area contributed by atoms with Crippen LogP contribution in [0.15, 0.2) is 30.9 Å². The predicted octanol–water partition coefficient (Wildman–Crippen LogP) is 2.02. The zero-order valence-electron chi connectivity index (χ0n) is 10.2. The van der Waals surface area contributed by atoms with Gasteiger partial charge in [-0.2, -0.15) is 9.97 Å². The molecule has 0 fully saturated rings. The summed E-state index contributed by atoms with van der Waals surface area (Å²) in [7, 11) is 1.89. The Morgan fingerprint density at radius 1 is 1.26 bits per heavy atom. The summed E-state index contributed by atoms with van der Waals surface area (Å²) < 4.78 is 1.86. The molecule has 0 unspecified atom stereocenters. The number of imidazole rings is 1. The Hall–Kier alpha value is -2.21. The SMILES string of the molecule is Cn1cnc2nc(Cl)nc(NCc3ccncc3)c21.